The molecule has 17 heavy (non-hydrogen) atoms. The van der Waals surface area contributed by atoms with Crippen molar-refractivity contribution in [3.63, 3.8) is 0 Å². The fourth-order valence-electron chi connectivity index (χ4n) is 2.20. The smallest absolute Gasteiger partial charge is 0.189 e. The van der Waals surface area contributed by atoms with E-state index in [1.54, 1.807) is 17.9 Å². The molecule has 2 N–H and O–H groups in total. The summed E-state index contributed by atoms with van der Waals surface area (Å²) in [7, 11) is 1.77. The highest BCUT2D eigenvalue weighted by atomic mass is 79.9. The number of nitrogens with two attached hydrogens (primary N) is 1. The number of ketones is 1. The van der Waals surface area contributed by atoms with Crippen molar-refractivity contribution in [1.82, 2.24) is 9.78 Å². The first-order chi connectivity index (χ1) is 8.10. The van der Waals surface area contributed by atoms with Crippen LogP contribution in [-0.4, -0.2) is 35.3 Å². The van der Waals surface area contributed by atoms with E-state index in [2.05, 4.69) is 21.0 Å². The van der Waals surface area contributed by atoms with Gasteiger partial charge < -0.3 is 10.5 Å². The molecule has 5 nitrogen and oxygen atoms in total. The third-order valence-electron chi connectivity index (χ3n) is 3.43. The number of ether oxygens (including phenoxy) is 1. The van der Waals surface area contributed by atoms with Gasteiger partial charge in [-0.1, -0.05) is 0 Å². The molecule has 1 aromatic heterocycles. The lowest BCUT2D eigenvalue weighted by Gasteiger charge is -2.34. The zero-order chi connectivity index (χ0) is 12.5. The Bertz CT molecular complexity index is 405. The average Bonchev–Trinajstić information content (AvgIpc) is 2.69. The van der Waals surface area contributed by atoms with Crippen LogP contribution in [0.4, 0.5) is 0 Å². The number of rotatable bonds is 3. The summed E-state index contributed by atoms with van der Waals surface area (Å²) in [5.41, 5.74) is 5.93. The topological polar surface area (TPSA) is 70.1 Å². The Morgan fingerprint density at radius 2 is 2.29 bits per heavy atom. The molecule has 0 aliphatic carbocycles. The highest BCUT2D eigenvalue weighted by Gasteiger charge is 2.41. The van der Waals surface area contributed by atoms with E-state index in [9.17, 15) is 4.79 Å². The van der Waals surface area contributed by atoms with Crippen LogP contribution in [0, 0.1) is 5.41 Å². The van der Waals surface area contributed by atoms with Crippen LogP contribution in [0.25, 0.3) is 0 Å². The Labute approximate surface area is 108 Å². The molecule has 0 bridgehead atoms. The minimum Gasteiger partial charge on any atom is -0.381 e. The SMILES string of the molecule is Cn1ncc(Br)c1C(=O)C1(CN)CCOCC1. The van der Waals surface area contributed by atoms with Crippen LogP contribution in [0.15, 0.2) is 10.7 Å². The number of Topliss-reactive ketones (excluding diaryl/α,β-unsaturated/α-hetero) is 1. The molecular formula is C11H16BrN3O2. The summed E-state index contributed by atoms with van der Waals surface area (Å²) in [6.07, 6.45) is 3.00. The quantitative estimate of drug-likeness (QED) is 0.850. The van der Waals surface area contributed by atoms with Crippen molar-refractivity contribution >= 4 is 21.7 Å². The molecule has 0 unspecified atom stereocenters. The fourth-order valence-corrected chi connectivity index (χ4v) is 2.73. The molecule has 0 spiro atoms. The number of halogens is 1. The molecule has 1 aromatic rings. The molecule has 6 heteroatoms. The first-order valence-electron chi connectivity index (χ1n) is 5.61. The van der Waals surface area contributed by atoms with Crippen molar-refractivity contribution in [1.29, 1.82) is 0 Å². The van der Waals surface area contributed by atoms with Crippen LogP contribution in [0.5, 0.6) is 0 Å². The number of aromatic nitrogens is 2. The molecule has 0 atom stereocenters. The first kappa shape index (κ1) is 12.7. The number of aryl methyl sites for hydroxylation is 1. The van der Waals surface area contributed by atoms with Crippen molar-refractivity contribution in [2.24, 2.45) is 18.2 Å². The van der Waals surface area contributed by atoms with Gasteiger partial charge in [0.25, 0.3) is 0 Å². The van der Waals surface area contributed by atoms with Gasteiger partial charge in [0.2, 0.25) is 0 Å². The molecule has 0 saturated carbocycles. The van der Waals surface area contributed by atoms with Crippen LogP contribution < -0.4 is 5.73 Å². The minimum atomic E-state index is -0.492. The Morgan fingerprint density at radius 1 is 1.65 bits per heavy atom. The molecule has 0 amide bonds. The van der Waals surface area contributed by atoms with Gasteiger partial charge in [-0.3, -0.25) is 9.48 Å². The van der Waals surface area contributed by atoms with E-state index in [1.807, 2.05) is 0 Å². The van der Waals surface area contributed by atoms with E-state index >= 15 is 0 Å². The zero-order valence-electron chi connectivity index (χ0n) is 9.78. The Morgan fingerprint density at radius 3 is 2.76 bits per heavy atom. The van der Waals surface area contributed by atoms with Crippen molar-refractivity contribution in [3.8, 4) is 0 Å². The number of nitrogens with zero attached hydrogens (tertiary/aromatic N) is 2. The van der Waals surface area contributed by atoms with Crippen molar-refractivity contribution in [2.75, 3.05) is 19.8 Å². The van der Waals surface area contributed by atoms with Crippen molar-refractivity contribution in [3.05, 3.63) is 16.4 Å². The van der Waals surface area contributed by atoms with Gasteiger partial charge in [0.15, 0.2) is 5.78 Å². The van der Waals surface area contributed by atoms with Gasteiger partial charge in [-0.25, -0.2) is 0 Å². The van der Waals surface area contributed by atoms with Crippen LogP contribution in [0.3, 0.4) is 0 Å². The van der Waals surface area contributed by atoms with Crippen LogP contribution >= 0.6 is 15.9 Å². The van der Waals surface area contributed by atoms with Gasteiger partial charge in [0.05, 0.1) is 16.1 Å². The summed E-state index contributed by atoms with van der Waals surface area (Å²) < 4.78 is 7.64. The fraction of sp³-hybridized carbons (Fsp3) is 0.636. The van der Waals surface area contributed by atoms with E-state index in [-0.39, 0.29) is 5.78 Å². The van der Waals surface area contributed by atoms with Crippen molar-refractivity contribution < 1.29 is 9.53 Å². The van der Waals surface area contributed by atoms with Gasteiger partial charge >= 0.3 is 0 Å². The molecule has 0 radical (unpaired) electrons. The molecule has 2 rings (SSSR count). The van der Waals surface area contributed by atoms with Crippen LogP contribution in [0.1, 0.15) is 23.3 Å². The van der Waals surface area contributed by atoms with E-state index in [0.29, 0.717) is 38.3 Å². The van der Waals surface area contributed by atoms with Crippen LogP contribution in [-0.2, 0) is 11.8 Å². The van der Waals surface area contributed by atoms with Gasteiger partial charge in [0, 0.05) is 26.8 Å². The summed E-state index contributed by atoms with van der Waals surface area (Å²) in [5, 5.41) is 4.07. The van der Waals surface area contributed by atoms with Gasteiger partial charge in [-0.15, -0.1) is 0 Å². The third-order valence-corrected chi connectivity index (χ3v) is 4.01. The second kappa shape index (κ2) is 4.88. The largest absolute Gasteiger partial charge is 0.381 e. The van der Waals surface area contributed by atoms with Crippen LogP contribution in [0.2, 0.25) is 0 Å². The Kier molecular flexibility index (Phi) is 3.65. The normalized spacial score (nSPS) is 19.2. The maximum absolute atomic E-state index is 12.6. The Balaban J connectivity index is 2.35. The molecule has 1 fully saturated rings. The molecule has 1 aliphatic heterocycles. The number of carbonyl (C=O) groups excluding carboxylic acids is 1. The monoisotopic (exact) mass is 301 g/mol. The third kappa shape index (κ3) is 2.17. The number of hydrogen-bond donors (Lipinski definition) is 1. The highest BCUT2D eigenvalue weighted by Crippen LogP contribution is 2.34. The number of carbonyl (C=O) groups is 1. The highest BCUT2D eigenvalue weighted by molar-refractivity contribution is 9.10. The predicted octanol–water partition coefficient (Wildman–Crippen LogP) is 1.12. The lowest BCUT2D eigenvalue weighted by molar-refractivity contribution is 0.0194. The summed E-state index contributed by atoms with van der Waals surface area (Å²) >= 11 is 3.36. The van der Waals surface area contributed by atoms with E-state index in [0.717, 1.165) is 4.47 Å². The molecule has 94 valence electrons. The predicted molar refractivity (Wildman–Crippen MR) is 66.8 cm³/mol. The van der Waals surface area contributed by atoms with E-state index in [4.69, 9.17) is 10.5 Å². The molecule has 1 aliphatic rings. The minimum absolute atomic E-state index is 0.0650. The molecule has 1 saturated heterocycles. The van der Waals surface area contributed by atoms with Crippen molar-refractivity contribution in [2.45, 2.75) is 12.8 Å². The Hall–Kier alpha value is -0.720. The zero-order valence-corrected chi connectivity index (χ0v) is 11.4. The standard InChI is InChI=1S/C11H16BrN3O2/c1-15-9(8(12)6-14-15)10(16)11(7-13)2-4-17-5-3-11/h6H,2-5,7,13H2,1H3. The summed E-state index contributed by atoms with van der Waals surface area (Å²) in [5.74, 6) is 0.0650. The summed E-state index contributed by atoms with van der Waals surface area (Å²) in [6.45, 7) is 1.55. The summed E-state index contributed by atoms with van der Waals surface area (Å²) in [6, 6.07) is 0. The lowest BCUT2D eigenvalue weighted by atomic mass is 9.75. The first-order valence-corrected chi connectivity index (χ1v) is 6.40. The van der Waals surface area contributed by atoms with Gasteiger partial charge in [0.1, 0.15) is 5.69 Å². The van der Waals surface area contributed by atoms with E-state index in [1.165, 1.54) is 0 Å². The second-order valence-corrected chi connectivity index (χ2v) is 5.25. The average molecular weight is 302 g/mol. The lowest BCUT2D eigenvalue weighted by Crippen LogP contribution is -2.44. The maximum atomic E-state index is 12.6. The van der Waals surface area contributed by atoms with Gasteiger partial charge in [-0.2, -0.15) is 5.10 Å². The number of hydrogen-bond acceptors (Lipinski definition) is 4. The molecule has 2 heterocycles. The maximum Gasteiger partial charge on any atom is 0.189 e. The second-order valence-electron chi connectivity index (χ2n) is 4.39. The van der Waals surface area contributed by atoms with Gasteiger partial charge in [-0.05, 0) is 28.8 Å². The molecule has 0 aromatic carbocycles. The summed E-state index contributed by atoms with van der Waals surface area (Å²) in [4.78, 5) is 12.6. The molecular weight excluding hydrogens is 286 g/mol. The van der Waals surface area contributed by atoms with E-state index < -0.39 is 5.41 Å².